The fraction of sp³-hybridized carbons (Fsp3) is 0.353. The maximum Gasteiger partial charge on any atom is 0.194 e. The minimum atomic E-state index is 0.640. The monoisotopic (exact) mass is 313 g/mol. The molecule has 0 saturated heterocycles. The zero-order valence-corrected chi connectivity index (χ0v) is 13.4. The number of imidazole rings is 1. The van der Waals surface area contributed by atoms with Crippen LogP contribution >= 0.6 is 11.3 Å². The van der Waals surface area contributed by atoms with Crippen molar-refractivity contribution in [3.63, 3.8) is 0 Å². The first-order valence-electron chi connectivity index (χ1n) is 7.68. The molecule has 4 nitrogen and oxygen atoms in total. The van der Waals surface area contributed by atoms with Gasteiger partial charge in [-0.1, -0.05) is 0 Å². The molecule has 2 N–H and O–H groups in total. The summed E-state index contributed by atoms with van der Waals surface area (Å²) in [5, 5.41) is 0. The predicted octanol–water partition coefficient (Wildman–Crippen LogP) is 3.06. The summed E-state index contributed by atoms with van der Waals surface area (Å²) in [5.41, 5.74) is 10.8. The molecule has 0 aliphatic heterocycles. The molecule has 5 heteroatoms. The molecule has 4 rings (SSSR count). The third-order valence-electron chi connectivity index (χ3n) is 4.31. The molecule has 114 valence electrons. The Morgan fingerprint density at radius 1 is 1.27 bits per heavy atom. The van der Waals surface area contributed by atoms with Crippen molar-refractivity contribution in [1.82, 2.24) is 9.38 Å². The summed E-state index contributed by atoms with van der Waals surface area (Å²) in [5.74, 6) is 0.867. The lowest BCUT2D eigenvalue weighted by molar-refractivity contribution is 0.415. The zero-order valence-electron chi connectivity index (χ0n) is 12.6. The van der Waals surface area contributed by atoms with Gasteiger partial charge in [0.1, 0.15) is 5.75 Å². The summed E-state index contributed by atoms with van der Waals surface area (Å²) in [6.45, 7) is 0.640. The summed E-state index contributed by atoms with van der Waals surface area (Å²) in [7, 11) is 1.69. The van der Waals surface area contributed by atoms with E-state index in [-0.39, 0.29) is 0 Å². The van der Waals surface area contributed by atoms with Gasteiger partial charge in [-0.15, -0.1) is 11.3 Å². The third kappa shape index (κ3) is 2.04. The Bertz CT molecular complexity index is 817. The SMILES string of the molecule is COc1ccc(-c2nc3sc4c(n3c2CCN)CCC4)cc1. The number of ether oxygens (including phenoxy) is 1. The first-order valence-corrected chi connectivity index (χ1v) is 8.50. The highest BCUT2D eigenvalue weighted by Gasteiger charge is 2.23. The minimum absolute atomic E-state index is 0.640. The number of thiazole rings is 1. The Morgan fingerprint density at radius 3 is 2.82 bits per heavy atom. The fourth-order valence-electron chi connectivity index (χ4n) is 3.28. The van der Waals surface area contributed by atoms with E-state index in [0.717, 1.165) is 34.8 Å². The Morgan fingerprint density at radius 2 is 2.09 bits per heavy atom. The lowest BCUT2D eigenvalue weighted by Gasteiger charge is -2.06. The summed E-state index contributed by atoms with van der Waals surface area (Å²) in [6.07, 6.45) is 4.47. The summed E-state index contributed by atoms with van der Waals surface area (Å²) < 4.78 is 7.60. The summed E-state index contributed by atoms with van der Waals surface area (Å²) >= 11 is 1.84. The molecule has 0 fully saturated rings. The quantitative estimate of drug-likeness (QED) is 0.805. The number of benzene rings is 1. The van der Waals surface area contributed by atoms with Crippen LogP contribution in [0.4, 0.5) is 0 Å². The molecule has 0 bridgehead atoms. The molecule has 2 aromatic heterocycles. The van der Waals surface area contributed by atoms with Gasteiger partial charge in [0.15, 0.2) is 4.96 Å². The van der Waals surface area contributed by atoms with E-state index in [2.05, 4.69) is 16.5 Å². The highest BCUT2D eigenvalue weighted by atomic mass is 32.1. The summed E-state index contributed by atoms with van der Waals surface area (Å²) in [4.78, 5) is 7.52. The van der Waals surface area contributed by atoms with Crippen molar-refractivity contribution in [2.24, 2.45) is 5.73 Å². The van der Waals surface area contributed by atoms with Crippen LogP contribution in [0.5, 0.6) is 5.75 Å². The second-order valence-corrected chi connectivity index (χ2v) is 6.68. The summed E-state index contributed by atoms with van der Waals surface area (Å²) in [6, 6.07) is 8.12. The van der Waals surface area contributed by atoms with Crippen LogP contribution in [0.15, 0.2) is 24.3 Å². The van der Waals surface area contributed by atoms with Gasteiger partial charge in [-0.2, -0.15) is 0 Å². The van der Waals surface area contributed by atoms with Crippen LogP contribution < -0.4 is 10.5 Å². The van der Waals surface area contributed by atoms with Gasteiger partial charge in [0.2, 0.25) is 0 Å². The van der Waals surface area contributed by atoms with Gasteiger partial charge in [0.25, 0.3) is 0 Å². The highest BCUT2D eigenvalue weighted by Crippen LogP contribution is 2.36. The fourth-order valence-corrected chi connectivity index (χ4v) is 4.51. The molecule has 0 saturated carbocycles. The van der Waals surface area contributed by atoms with Crippen LogP contribution in [0.25, 0.3) is 16.2 Å². The van der Waals surface area contributed by atoms with Crippen LogP contribution in [0.3, 0.4) is 0 Å². The number of hydrogen-bond donors (Lipinski definition) is 1. The van der Waals surface area contributed by atoms with E-state index in [0.29, 0.717) is 6.54 Å². The normalized spacial score (nSPS) is 13.7. The van der Waals surface area contributed by atoms with Crippen molar-refractivity contribution in [1.29, 1.82) is 0 Å². The van der Waals surface area contributed by atoms with Crippen molar-refractivity contribution in [3.05, 3.63) is 40.5 Å². The standard InChI is InChI=1S/C17H19N3OS/c1-21-12-7-5-11(6-8-12)16-14(9-10-18)20-13-3-2-4-15(13)22-17(20)19-16/h5-8H,2-4,9-10,18H2,1H3. The second-order valence-electron chi connectivity index (χ2n) is 5.62. The van der Waals surface area contributed by atoms with E-state index in [1.165, 1.54) is 29.1 Å². The molecule has 1 aliphatic rings. The number of nitrogens with two attached hydrogens (primary N) is 1. The zero-order chi connectivity index (χ0) is 15.1. The molecule has 2 heterocycles. The molecule has 0 unspecified atom stereocenters. The van der Waals surface area contributed by atoms with Crippen LogP contribution in [0.2, 0.25) is 0 Å². The molecule has 22 heavy (non-hydrogen) atoms. The maximum atomic E-state index is 5.86. The average Bonchev–Trinajstić information content (AvgIpc) is 3.19. The number of hydrogen-bond acceptors (Lipinski definition) is 4. The number of methoxy groups -OCH3 is 1. The molecule has 0 radical (unpaired) electrons. The first-order chi connectivity index (χ1) is 10.8. The van der Waals surface area contributed by atoms with Crippen LogP contribution in [0, 0.1) is 0 Å². The molecule has 0 amide bonds. The van der Waals surface area contributed by atoms with E-state index in [1.54, 1.807) is 7.11 Å². The molecular formula is C17H19N3OS. The van der Waals surface area contributed by atoms with Crippen LogP contribution in [-0.2, 0) is 19.3 Å². The Labute approximate surface area is 133 Å². The third-order valence-corrected chi connectivity index (χ3v) is 5.45. The molecule has 0 spiro atoms. The van der Waals surface area contributed by atoms with Gasteiger partial charge in [-0.3, -0.25) is 4.40 Å². The van der Waals surface area contributed by atoms with E-state index in [9.17, 15) is 0 Å². The van der Waals surface area contributed by atoms with Crippen LogP contribution in [0.1, 0.15) is 22.7 Å². The lowest BCUT2D eigenvalue weighted by Crippen LogP contribution is -2.07. The number of rotatable bonds is 4. The first kappa shape index (κ1) is 13.8. The van der Waals surface area contributed by atoms with Gasteiger partial charge in [-0.25, -0.2) is 4.98 Å². The molecule has 0 atom stereocenters. The van der Waals surface area contributed by atoms with E-state index in [1.807, 2.05) is 23.5 Å². The topological polar surface area (TPSA) is 52.5 Å². The van der Waals surface area contributed by atoms with Crippen molar-refractivity contribution in [3.8, 4) is 17.0 Å². The van der Waals surface area contributed by atoms with Gasteiger partial charge < -0.3 is 10.5 Å². The van der Waals surface area contributed by atoms with Crippen molar-refractivity contribution >= 4 is 16.3 Å². The number of nitrogens with zero attached hydrogens (tertiary/aromatic N) is 2. The Kier molecular flexibility index (Phi) is 3.39. The van der Waals surface area contributed by atoms with Crippen molar-refractivity contribution < 1.29 is 4.74 Å². The second kappa shape index (κ2) is 5.41. The van der Waals surface area contributed by atoms with Crippen molar-refractivity contribution in [2.45, 2.75) is 25.7 Å². The number of aryl methyl sites for hydroxylation is 2. The number of fused-ring (bicyclic) bond motifs is 3. The Hall–Kier alpha value is -1.85. The molecule has 1 aromatic carbocycles. The van der Waals surface area contributed by atoms with Gasteiger partial charge >= 0.3 is 0 Å². The minimum Gasteiger partial charge on any atom is -0.497 e. The maximum absolute atomic E-state index is 5.86. The molecule has 1 aliphatic carbocycles. The predicted molar refractivity (Wildman–Crippen MR) is 89.8 cm³/mol. The van der Waals surface area contributed by atoms with E-state index in [4.69, 9.17) is 15.5 Å². The lowest BCUT2D eigenvalue weighted by atomic mass is 10.1. The van der Waals surface area contributed by atoms with Gasteiger partial charge in [-0.05, 0) is 50.1 Å². The smallest absolute Gasteiger partial charge is 0.194 e. The van der Waals surface area contributed by atoms with Crippen molar-refractivity contribution in [2.75, 3.05) is 13.7 Å². The van der Waals surface area contributed by atoms with Gasteiger partial charge in [0.05, 0.1) is 18.5 Å². The average molecular weight is 313 g/mol. The van der Waals surface area contributed by atoms with E-state index >= 15 is 0 Å². The van der Waals surface area contributed by atoms with Crippen LogP contribution in [-0.4, -0.2) is 23.0 Å². The van der Waals surface area contributed by atoms with E-state index < -0.39 is 0 Å². The number of aromatic nitrogens is 2. The molecular weight excluding hydrogens is 294 g/mol. The molecule has 3 aromatic rings. The van der Waals surface area contributed by atoms with Gasteiger partial charge in [0, 0.05) is 22.6 Å². The highest BCUT2D eigenvalue weighted by molar-refractivity contribution is 7.17. The largest absolute Gasteiger partial charge is 0.497 e. The Balaban J connectivity index is 1.89.